The summed E-state index contributed by atoms with van der Waals surface area (Å²) < 4.78 is 66.4. The van der Waals surface area contributed by atoms with Crippen molar-refractivity contribution >= 4 is 27.4 Å². The van der Waals surface area contributed by atoms with Crippen molar-refractivity contribution in [1.82, 2.24) is 14.3 Å². The van der Waals surface area contributed by atoms with Gasteiger partial charge < -0.3 is 10.0 Å². The molecule has 32 heavy (non-hydrogen) atoms. The summed E-state index contributed by atoms with van der Waals surface area (Å²) in [6.45, 7) is 2.60. The van der Waals surface area contributed by atoms with Crippen LogP contribution in [0.25, 0.3) is 0 Å². The van der Waals surface area contributed by atoms with E-state index in [9.17, 15) is 26.7 Å². The summed E-state index contributed by atoms with van der Waals surface area (Å²) in [4.78, 5) is 9.60. The summed E-state index contributed by atoms with van der Waals surface area (Å²) in [5, 5.41) is 9.99. The molecule has 1 aliphatic heterocycles. The molecule has 0 bridgehead atoms. The Balaban J connectivity index is 1.84. The SMILES string of the molecule is CC#CC1CN(S(=O)(=O)c2ccc(Cl)nc2)CCN1c1ccc(C(C)(O)C(F)(F)F)cn1. The van der Waals surface area contributed by atoms with Crippen molar-refractivity contribution in [1.29, 1.82) is 0 Å². The second kappa shape index (κ2) is 8.86. The van der Waals surface area contributed by atoms with Crippen LogP contribution in [0.15, 0.2) is 41.6 Å². The lowest BCUT2D eigenvalue weighted by Gasteiger charge is -2.39. The number of hydrogen-bond donors (Lipinski definition) is 1. The first-order chi connectivity index (χ1) is 14.9. The van der Waals surface area contributed by atoms with Gasteiger partial charge in [-0.05, 0) is 32.0 Å². The predicted octanol–water partition coefficient (Wildman–Crippen LogP) is 2.80. The van der Waals surface area contributed by atoms with Crippen LogP contribution in [0.3, 0.4) is 0 Å². The highest BCUT2D eigenvalue weighted by Crippen LogP contribution is 2.38. The molecule has 0 aliphatic carbocycles. The van der Waals surface area contributed by atoms with Gasteiger partial charge in [-0.15, -0.1) is 5.92 Å². The number of piperazine rings is 1. The molecule has 1 N–H and O–H groups in total. The second-order valence-electron chi connectivity index (χ2n) is 7.26. The third-order valence-electron chi connectivity index (χ3n) is 5.15. The Kier molecular flexibility index (Phi) is 6.72. The number of alkyl halides is 3. The minimum Gasteiger partial charge on any atom is -0.376 e. The maximum absolute atomic E-state index is 13.1. The topological polar surface area (TPSA) is 86.6 Å². The number of anilines is 1. The van der Waals surface area contributed by atoms with Gasteiger partial charge in [-0.2, -0.15) is 17.5 Å². The van der Waals surface area contributed by atoms with E-state index in [1.165, 1.54) is 28.7 Å². The summed E-state index contributed by atoms with van der Waals surface area (Å²) in [7, 11) is -3.84. The summed E-state index contributed by atoms with van der Waals surface area (Å²) in [6.07, 6.45) is -2.72. The molecule has 0 saturated carbocycles. The zero-order valence-electron chi connectivity index (χ0n) is 17.1. The van der Waals surface area contributed by atoms with Crippen LogP contribution in [-0.4, -0.2) is 59.6 Å². The van der Waals surface area contributed by atoms with Crippen molar-refractivity contribution in [3.63, 3.8) is 0 Å². The van der Waals surface area contributed by atoms with Gasteiger partial charge in [0, 0.05) is 37.6 Å². The molecule has 172 valence electrons. The molecule has 2 aromatic heterocycles. The fourth-order valence-corrected chi connectivity index (χ4v) is 4.71. The summed E-state index contributed by atoms with van der Waals surface area (Å²) >= 11 is 5.73. The van der Waals surface area contributed by atoms with Crippen LogP contribution in [0.4, 0.5) is 19.0 Å². The van der Waals surface area contributed by atoms with Crippen LogP contribution in [-0.2, 0) is 15.6 Å². The van der Waals surface area contributed by atoms with Gasteiger partial charge in [0.05, 0.1) is 0 Å². The van der Waals surface area contributed by atoms with Crippen LogP contribution < -0.4 is 4.90 Å². The van der Waals surface area contributed by atoms with E-state index in [2.05, 4.69) is 21.8 Å². The zero-order valence-corrected chi connectivity index (χ0v) is 18.7. The maximum Gasteiger partial charge on any atom is 0.421 e. The van der Waals surface area contributed by atoms with Gasteiger partial charge in [0.25, 0.3) is 0 Å². The fraction of sp³-hybridized carbons (Fsp3) is 0.400. The lowest BCUT2D eigenvalue weighted by molar-refractivity contribution is -0.259. The number of hydrogen-bond acceptors (Lipinski definition) is 6. The highest BCUT2D eigenvalue weighted by Gasteiger charge is 2.51. The number of rotatable bonds is 4. The van der Waals surface area contributed by atoms with Gasteiger partial charge in [-0.3, -0.25) is 0 Å². The predicted molar refractivity (Wildman–Crippen MR) is 112 cm³/mol. The molecule has 1 fully saturated rings. The highest BCUT2D eigenvalue weighted by molar-refractivity contribution is 7.89. The van der Waals surface area contributed by atoms with E-state index in [0.717, 1.165) is 12.3 Å². The summed E-state index contributed by atoms with van der Waals surface area (Å²) in [6, 6.07) is 4.67. The van der Waals surface area contributed by atoms with Gasteiger partial charge in [-0.1, -0.05) is 23.6 Å². The number of sulfonamides is 1. The molecule has 0 aromatic carbocycles. The third-order valence-corrected chi connectivity index (χ3v) is 7.22. The number of aromatic nitrogens is 2. The standard InChI is InChI=1S/C20H20ClF3N4O3S/c1-3-4-15-13-27(32(30,31)16-6-7-17(21)25-12-16)9-10-28(15)18-8-5-14(11-26-18)19(2,29)20(22,23)24/h5-8,11-12,15,29H,9-10,13H2,1-2H3. The molecule has 0 radical (unpaired) electrons. The van der Waals surface area contributed by atoms with Crippen LogP contribution in [0, 0.1) is 11.8 Å². The molecule has 3 heterocycles. The lowest BCUT2D eigenvalue weighted by atomic mass is 9.97. The van der Waals surface area contributed by atoms with Crippen molar-refractivity contribution in [2.75, 3.05) is 24.5 Å². The van der Waals surface area contributed by atoms with E-state index < -0.39 is 33.4 Å². The molecule has 12 heteroatoms. The molecule has 1 aliphatic rings. The first-order valence-electron chi connectivity index (χ1n) is 9.44. The van der Waals surface area contributed by atoms with E-state index in [-0.39, 0.29) is 29.7 Å². The summed E-state index contributed by atoms with van der Waals surface area (Å²) in [5.41, 5.74) is -3.44. The van der Waals surface area contributed by atoms with Crippen molar-refractivity contribution in [2.45, 2.75) is 36.6 Å². The number of aliphatic hydroxyl groups is 1. The van der Waals surface area contributed by atoms with E-state index in [4.69, 9.17) is 11.6 Å². The molecular weight excluding hydrogens is 469 g/mol. The second-order valence-corrected chi connectivity index (χ2v) is 9.58. The molecule has 0 amide bonds. The molecule has 7 nitrogen and oxygen atoms in total. The maximum atomic E-state index is 13.1. The molecule has 2 unspecified atom stereocenters. The molecule has 3 rings (SSSR count). The minimum absolute atomic E-state index is 0.00424. The van der Waals surface area contributed by atoms with Crippen LogP contribution in [0.1, 0.15) is 19.4 Å². The third kappa shape index (κ3) is 4.68. The highest BCUT2D eigenvalue weighted by atomic mass is 35.5. The zero-order chi connectivity index (χ0) is 23.7. The molecule has 1 saturated heterocycles. The largest absolute Gasteiger partial charge is 0.421 e. The van der Waals surface area contributed by atoms with Crippen molar-refractivity contribution in [2.24, 2.45) is 0 Å². The Hall–Kier alpha value is -2.39. The van der Waals surface area contributed by atoms with Gasteiger partial charge >= 0.3 is 6.18 Å². The van der Waals surface area contributed by atoms with Crippen molar-refractivity contribution in [3.05, 3.63) is 47.4 Å². The van der Waals surface area contributed by atoms with E-state index in [1.807, 2.05) is 0 Å². The molecule has 2 aromatic rings. The van der Waals surface area contributed by atoms with Crippen molar-refractivity contribution in [3.8, 4) is 11.8 Å². The minimum atomic E-state index is -4.86. The summed E-state index contributed by atoms with van der Waals surface area (Å²) in [5.74, 6) is 6.00. The van der Waals surface area contributed by atoms with Gasteiger partial charge in [-0.25, -0.2) is 18.4 Å². The molecule has 0 spiro atoms. The number of pyridine rings is 2. The fourth-order valence-electron chi connectivity index (χ4n) is 3.21. The van der Waals surface area contributed by atoms with Gasteiger partial charge in [0.1, 0.15) is 21.9 Å². The first-order valence-corrected chi connectivity index (χ1v) is 11.3. The first kappa shape index (κ1) is 24.3. The smallest absolute Gasteiger partial charge is 0.376 e. The van der Waals surface area contributed by atoms with E-state index in [0.29, 0.717) is 12.7 Å². The van der Waals surface area contributed by atoms with Crippen LogP contribution in [0.5, 0.6) is 0 Å². The van der Waals surface area contributed by atoms with Crippen LogP contribution >= 0.6 is 11.6 Å². The molecule has 2 atom stereocenters. The van der Waals surface area contributed by atoms with Crippen molar-refractivity contribution < 1.29 is 26.7 Å². The Labute approximate surface area is 188 Å². The molecular formula is C20H20ClF3N4O3S. The van der Waals surface area contributed by atoms with Gasteiger partial charge in [0.2, 0.25) is 10.0 Å². The monoisotopic (exact) mass is 488 g/mol. The van der Waals surface area contributed by atoms with E-state index >= 15 is 0 Å². The lowest BCUT2D eigenvalue weighted by Crippen LogP contribution is -2.54. The Bertz CT molecular complexity index is 1130. The Morgan fingerprint density at radius 2 is 1.88 bits per heavy atom. The van der Waals surface area contributed by atoms with E-state index in [1.54, 1.807) is 11.8 Å². The number of nitrogens with zero attached hydrogens (tertiary/aromatic N) is 4. The van der Waals surface area contributed by atoms with Crippen LogP contribution in [0.2, 0.25) is 5.15 Å². The average Bonchev–Trinajstić information content (AvgIpc) is 2.73. The number of halogens is 4. The average molecular weight is 489 g/mol. The normalized spacial score (nSPS) is 19.7. The quantitative estimate of drug-likeness (QED) is 0.526. The Morgan fingerprint density at radius 3 is 2.41 bits per heavy atom. The van der Waals surface area contributed by atoms with Gasteiger partial charge in [0.15, 0.2) is 5.60 Å². The Morgan fingerprint density at radius 1 is 1.16 bits per heavy atom.